The van der Waals surface area contributed by atoms with Gasteiger partial charge in [0.1, 0.15) is 0 Å². The highest BCUT2D eigenvalue weighted by Gasteiger charge is 2.29. The summed E-state index contributed by atoms with van der Waals surface area (Å²) in [5.41, 5.74) is 2.52. The van der Waals surface area contributed by atoms with Gasteiger partial charge in [-0.2, -0.15) is 0 Å². The first kappa shape index (κ1) is 15.9. The number of benzene rings is 2. The van der Waals surface area contributed by atoms with Crippen LogP contribution in [0, 0.1) is 0 Å². The van der Waals surface area contributed by atoms with E-state index in [1.165, 1.54) is 11.8 Å². The number of hydrogen-bond acceptors (Lipinski definition) is 5. The SMILES string of the molecule is O=C(Nc1ccccc1)c1ccc(CSc2nnc(C3CC3)o2)cc1. The van der Waals surface area contributed by atoms with Crippen molar-refractivity contribution in [2.24, 2.45) is 0 Å². The van der Waals surface area contributed by atoms with Crippen molar-refractivity contribution in [2.45, 2.75) is 29.7 Å². The van der Waals surface area contributed by atoms with Crippen LogP contribution in [-0.2, 0) is 5.75 Å². The van der Waals surface area contributed by atoms with E-state index in [1.54, 1.807) is 0 Å². The summed E-state index contributed by atoms with van der Waals surface area (Å²) >= 11 is 1.52. The monoisotopic (exact) mass is 351 g/mol. The molecule has 0 unspecified atom stereocenters. The zero-order valence-electron chi connectivity index (χ0n) is 13.5. The minimum atomic E-state index is -0.114. The molecule has 0 saturated heterocycles. The standard InChI is InChI=1S/C19H17N3O2S/c23-17(20-16-4-2-1-3-5-16)14-8-6-13(7-9-14)12-25-19-22-21-18(24-19)15-10-11-15/h1-9,15H,10-12H2,(H,20,23). The fourth-order valence-electron chi connectivity index (χ4n) is 2.40. The van der Waals surface area contributed by atoms with Crippen LogP contribution in [-0.4, -0.2) is 16.1 Å². The molecule has 1 N–H and O–H groups in total. The van der Waals surface area contributed by atoms with Gasteiger partial charge < -0.3 is 9.73 Å². The van der Waals surface area contributed by atoms with Gasteiger partial charge in [0.15, 0.2) is 0 Å². The maximum Gasteiger partial charge on any atom is 0.276 e. The highest BCUT2D eigenvalue weighted by molar-refractivity contribution is 7.98. The minimum Gasteiger partial charge on any atom is -0.416 e. The molecule has 6 heteroatoms. The number of nitrogens with zero attached hydrogens (tertiary/aromatic N) is 2. The van der Waals surface area contributed by atoms with E-state index in [1.807, 2.05) is 54.6 Å². The Hall–Kier alpha value is -2.60. The molecule has 0 spiro atoms. The van der Waals surface area contributed by atoms with Gasteiger partial charge in [0.25, 0.3) is 11.1 Å². The van der Waals surface area contributed by atoms with Crippen molar-refractivity contribution in [3.05, 3.63) is 71.6 Å². The van der Waals surface area contributed by atoms with E-state index in [-0.39, 0.29) is 5.91 Å². The molecule has 0 atom stereocenters. The fourth-order valence-corrected chi connectivity index (χ4v) is 3.12. The number of anilines is 1. The Bertz CT molecular complexity index is 858. The topological polar surface area (TPSA) is 68.0 Å². The van der Waals surface area contributed by atoms with Crippen molar-refractivity contribution < 1.29 is 9.21 Å². The van der Waals surface area contributed by atoms with Gasteiger partial charge >= 0.3 is 0 Å². The van der Waals surface area contributed by atoms with Gasteiger partial charge in [-0.15, -0.1) is 10.2 Å². The number of carbonyl (C=O) groups is 1. The van der Waals surface area contributed by atoms with E-state index in [4.69, 9.17) is 4.42 Å². The van der Waals surface area contributed by atoms with E-state index in [2.05, 4.69) is 15.5 Å². The number of para-hydroxylation sites is 1. The smallest absolute Gasteiger partial charge is 0.276 e. The second-order valence-electron chi connectivity index (χ2n) is 5.99. The molecule has 3 aromatic rings. The summed E-state index contributed by atoms with van der Waals surface area (Å²) in [4.78, 5) is 12.2. The van der Waals surface area contributed by atoms with Gasteiger partial charge in [-0.3, -0.25) is 4.79 Å². The normalized spacial score (nSPS) is 13.6. The summed E-state index contributed by atoms with van der Waals surface area (Å²) in [6, 6.07) is 17.0. The number of carbonyl (C=O) groups excluding carboxylic acids is 1. The van der Waals surface area contributed by atoms with Gasteiger partial charge in [-0.1, -0.05) is 42.1 Å². The summed E-state index contributed by atoms with van der Waals surface area (Å²) in [5.74, 6) is 1.85. The van der Waals surface area contributed by atoms with E-state index < -0.39 is 0 Å². The number of hydrogen-bond donors (Lipinski definition) is 1. The average Bonchev–Trinajstić information content (AvgIpc) is 3.39. The van der Waals surface area contributed by atoms with E-state index in [0.717, 1.165) is 35.7 Å². The lowest BCUT2D eigenvalue weighted by atomic mass is 10.1. The fraction of sp³-hybridized carbons (Fsp3) is 0.211. The highest BCUT2D eigenvalue weighted by Crippen LogP contribution is 2.40. The molecule has 1 fully saturated rings. The first-order valence-corrected chi connectivity index (χ1v) is 9.18. The zero-order valence-corrected chi connectivity index (χ0v) is 14.3. The number of nitrogens with one attached hydrogen (secondary N) is 1. The van der Waals surface area contributed by atoms with Crippen LogP contribution in [0.1, 0.15) is 40.6 Å². The molecule has 1 aliphatic carbocycles. The van der Waals surface area contributed by atoms with Gasteiger partial charge in [-0.05, 0) is 42.7 Å². The molecule has 0 radical (unpaired) electrons. The molecular weight excluding hydrogens is 334 g/mol. The highest BCUT2D eigenvalue weighted by atomic mass is 32.2. The van der Waals surface area contributed by atoms with Gasteiger partial charge in [0.05, 0.1) is 0 Å². The van der Waals surface area contributed by atoms with Gasteiger partial charge in [0, 0.05) is 22.9 Å². The second kappa shape index (κ2) is 7.11. The first-order chi connectivity index (χ1) is 12.3. The Morgan fingerprint density at radius 2 is 1.84 bits per heavy atom. The molecule has 1 aromatic heterocycles. The maximum absolute atomic E-state index is 12.2. The molecule has 4 rings (SSSR count). The maximum atomic E-state index is 12.2. The Labute approximate surface area is 149 Å². The number of thioether (sulfide) groups is 1. The quantitative estimate of drug-likeness (QED) is 0.663. The molecule has 1 saturated carbocycles. The molecule has 1 heterocycles. The lowest BCUT2D eigenvalue weighted by Crippen LogP contribution is -2.11. The lowest BCUT2D eigenvalue weighted by Gasteiger charge is -2.05. The van der Waals surface area contributed by atoms with Crippen molar-refractivity contribution in [1.82, 2.24) is 10.2 Å². The third-order valence-electron chi connectivity index (χ3n) is 3.96. The summed E-state index contributed by atoms with van der Waals surface area (Å²) in [6.07, 6.45) is 2.30. The number of rotatable bonds is 6. The van der Waals surface area contributed by atoms with Crippen LogP contribution >= 0.6 is 11.8 Å². The molecule has 0 bridgehead atoms. The summed E-state index contributed by atoms with van der Waals surface area (Å²) in [6.45, 7) is 0. The molecule has 0 aliphatic heterocycles. The largest absolute Gasteiger partial charge is 0.416 e. The van der Waals surface area contributed by atoms with Crippen LogP contribution in [0.15, 0.2) is 64.2 Å². The van der Waals surface area contributed by atoms with Crippen molar-refractivity contribution in [2.75, 3.05) is 5.32 Å². The zero-order chi connectivity index (χ0) is 17.1. The van der Waals surface area contributed by atoms with Gasteiger partial charge in [0.2, 0.25) is 5.89 Å². The molecule has 1 amide bonds. The van der Waals surface area contributed by atoms with Crippen molar-refractivity contribution in [1.29, 1.82) is 0 Å². The predicted octanol–water partition coefficient (Wildman–Crippen LogP) is 4.49. The molecule has 2 aromatic carbocycles. The Morgan fingerprint density at radius 3 is 2.56 bits per heavy atom. The third kappa shape index (κ3) is 4.09. The van der Waals surface area contributed by atoms with E-state index in [9.17, 15) is 4.79 Å². The third-order valence-corrected chi connectivity index (χ3v) is 4.85. The van der Waals surface area contributed by atoms with E-state index >= 15 is 0 Å². The van der Waals surface area contributed by atoms with Crippen LogP contribution in [0.3, 0.4) is 0 Å². The molecule has 5 nitrogen and oxygen atoms in total. The van der Waals surface area contributed by atoms with Crippen molar-refractivity contribution in [3.8, 4) is 0 Å². The summed E-state index contributed by atoms with van der Waals surface area (Å²) < 4.78 is 5.63. The van der Waals surface area contributed by atoms with Crippen molar-refractivity contribution in [3.63, 3.8) is 0 Å². The van der Waals surface area contributed by atoms with Crippen LogP contribution in [0.25, 0.3) is 0 Å². The Kier molecular flexibility index (Phi) is 4.52. The summed E-state index contributed by atoms with van der Waals surface area (Å²) in [5, 5.41) is 11.6. The van der Waals surface area contributed by atoms with Gasteiger partial charge in [-0.25, -0.2) is 0 Å². The number of amides is 1. The average molecular weight is 351 g/mol. The molecule has 126 valence electrons. The number of aromatic nitrogens is 2. The Morgan fingerprint density at radius 1 is 1.08 bits per heavy atom. The van der Waals surface area contributed by atoms with Crippen LogP contribution in [0.2, 0.25) is 0 Å². The molecular formula is C19H17N3O2S. The van der Waals surface area contributed by atoms with Crippen LogP contribution < -0.4 is 5.32 Å². The second-order valence-corrected chi connectivity index (χ2v) is 6.91. The van der Waals surface area contributed by atoms with Crippen LogP contribution in [0.5, 0.6) is 0 Å². The first-order valence-electron chi connectivity index (χ1n) is 8.19. The molecule has 25 heavy (non-hydrogen) atoms. The van der Waals surface area contributed by atoms with Crippen molar-refractivity contribution >= 4 is 23.4 Å². The lowest BCUT2D eigenvalue weighted by molar-refractivity contribution is 0.102. The minimum absolute atomic E-state index is 0.114. The van der Waals surface area contributed by atoms with Crippen LogP contribution in [0.4, 0.5) is 5.69 Å². The predicted molar refractivity (Wildman–Crippen MR) is 96.7 cm³/mol. The summed E-state index contributed by atoms with van der Waals surface area (Å²) in [7, 11) is 0. The molecule has 1 aliphatic rings. The Balaban J connectivity index is 1.33. The van der Waals surface area contributed by atoms with E-state index in [0.29, 0.717) is 16.7 Å².